The van der Waals surface area contributed by atoms with E-state index in [1.54, 1.807) is 48.5 Å². The van der Waals surface area contributed by atoms with Gasteiger partial charge < -0.3 is 10.3 Å². The second-order valence-electron chi connectivity index (χ2n) is 5.94. The number of aldehydes is 1. The molecule has 0 saturated carbocycles. The van der Waals surface area contributed by atoms with E-state index in [2.05, 4.69) is 19.8 Å². The Bertz CT molecular complexity index is 1010. The Morgan fingerprint density at radius 3 is 2.34 bits per heavy atom. The smallest absolute Gasteiger partial charge is 0.382 e. The molecule has 1 aromatic heterocycles. The van der Waals surface area contributed by atoms with Gasteiger partial charge >= 0.3 is 12.1 Å². The lowest BCUT2D eigenvalue weighted by Crippen LogP contribution is -2.29. The fourth-order valence-electron chi connectivity index (χ4n) is 2.37. The lowest BCUT2D eigenvalue weighted by atomic mass is 10.1. The average Bonchev–Trinajstić information content (AvgIpc) is 3.19. The summed E-state index contributed by atoms with van der Waals surface area (Å²) in [5.41, 5.74) is 8.09. The van der Waals surface area contributed by atoms with E-state index in [9.17, 15) is 18.0 Å². The average molecular weight is 404 g/mol. The number of nitrogens with zero attached hydrogens (tertiary/aromatic N) is 4. The van der Waals surface area contributed by atoms with Crippen LogP contribution in [0.15, 0.2) is 58.2 Å². The number of halogens is 3. The van der Waals surface area contributed by atoms with Crippen LogP contribution in [-0.4, -0.2) is 27.4 Å². The summed E-state index contributed by atoms with van der Waals surface area (Å²) in [6, 6.07) is 12.9. The number of carbonyl (C=O) groups is 1. The summed E-state index contributed by atoms with van der Waals surface area (Å²) in [6.45, 7) is 0.188. The van der Waals surface area contributed by atoms with Gasteiger partial charge in [-0.25, -0.2) is 11.0 Å². The molecule has 0 saturated heterocycles. The number of hydrogen-bond acceptors (Lipinski definition) is 7. The van der Waals surface area contributed by atoms with Crippen molar-refractivity contribution in [1.82, 2.24) is 15.3 Å². The molecule has 0 spiro atoms. The van der Waals surface area contributed by atoms with Crippen LogP contribution in [0, 0.1) is 0 Å². The molecule has 0 amide bonds. The largest absolute Gasteiger partial charge is 0.471 e. The van der Waals surface area contributed by atoms with Crippen molar-refractivity contribution < 1.29 is 22.5 Å². The lowest BCUT2D eigenvalue weighted by molar-refractivity contribution is -0.159. The minimum atomic E-state index is -4.70. The van der Waals surface area contributed by atoms with E-state index in [0.717, 1.165) is 10.7 Å². The topological polar surface area (TPSA) is 124 Å². The SMILES string of the molecule is N/C(=N\N(N)Cc1ccc(-c2noc(C(F)(F)F)n2)cc1)c1ccc(C=O)cc1. The number of hydrazone groups is 1. The maximum absolute atomic E-state index is 12.5. The molecular weight excluding hydrogens is 389 g/mol. The molecule has 0 unspecified atom stereocenters. The van der Waals surface area contributed by atoms with Gasteiger partial charge in [-0.2, -0.15) is 18.2 Å². The second-order valence-corrected chi connectivity index (χ2v) is 5.94. The molecule has 0 aliphatic carbocycles. The highest BCUT2D eigenvalue weighted by Gasteiger charge is 2.38. The van der Waals surface area contributed by atoms with Gasteiger partial charge in [0.15, 0.2) is 5.84 Å². The van der Waals surface area contributed by atoms with Gasteiger partial charge in [-0.3, -0.25) is 4.79 Å². The minimum absolute atomic E-state index is 0.160. The van der Waals surface area contributed by atoms with Crippen LogP contribution in [0.5, 0.6) is 0 Å². The summed E-state index contributed by atoms with van der Waals surface area (Å²) in [5.74, 6) is 4.43. The molecule has 0 aliphatic rings. The van der Waals surface area contributed by atoms with E-state index in [0.29, 0.717) is 23.0 Å². The van der Waals surface area contributed by atoms with E-state index in [1.165, 1.54) is 0 Å². The molecule has 3 rings (SSSR count). The number of carbonyl (C=O) groups excluding carboxylic acids is 1. The lowest BCUT2D eigenvalue weighted by Gasteiger charge is -2.14. The van der Waals surface area contributed by atoms with Gasteiger partial charge in [0.25, 0.3) is 0 Å². The normalized spacial score (nSPS) is 12.1. The summed E-state index contributed by atoms with van der Waals surface area (Å²) < 4.78 is 41.8. The molecule has 11 heteroatoms. The van der Waals surface area contributed by atoms with Crippen LogP contribution in [-0.2, 0) is 12.7 Å². The molecule has 1 heterocycles. The number of hydrazine groups is 1. The first kappa shape index (κ1) is 20.0. The van der Waals surface area contributed by atoms with Gasteiger partial charge in [0.1, 0.15) is 6.29 Å². The standard InChI is InChI=1S/C18H15F3N6O2/c19-18(20,21)17-24-16(26-29-17)14-7-1-11(2-8-14)9-27(23)25-15(22)13-5-3-12(10-28)4-6-13/h1-8,10H,9,23H2,(H2,22,25). The molecular formula is C18H15F3N6O2. The fraction of sp³-hybridized carbons (Fsp3) is 0.111. The third-order valence-electron chi connectivity index (χ3n) is 3.80. The third-order valence-corrected chi connectivity index (χ3v) is 3.80. The van der Waals surface area contributed by atoms with Crippen molar-refractivity contribution in [2.45, 2.75) is 12.7 Å². The van der Waals surface area contributed by atoms with Gasteiger partial charge in [0.2, 0.25) is 5.82 Å². The number of rotatable bonds is 6. The monoisotopic (exact) mass is 404 g/mol. The van der Waals surface area contributed by atoms with Crippen LogP contribution < -0.4 is 11.6 Å². The van der Waals surface area contributed by atoms with E-state index in [4.69, 9.17) is 11.6 Å². The summed E-state index contributed by atoms with van der Waals surface area (Å²) in [4.78, 5) is 14.0. The Morgan fingerprint density at radius 2 is 1.79 bits per heavy atom. The van der Waals surface area contributed by atoms with Crippen LogP contribution >= 0.6 is 0 Å². The summed E-state index contributed by atoms with van der Waals surface area (Å²) in [7, 11) is 0. The first-order valence-corrected chi connectivity index (χ1v) is 8.18. The maximum atomic E-state index is 12.5. The van der Waals surface area contributed by atoms with E-state index < -0.39 is 12.1 Å². The predicted octanol–water partition coefficient (Wildman–Crippen LogP) is 2.56. The zero-order chi connectivity index (χ0) is 21.0. The van der Waals surface area contributed by atoms with E-state index in [-0.39, 0.29) is 18.2 Å². The predicted molar refractivity (Wildman–Crippen MR) is 97.0 cm³/mol. The van der Waals surface area contributed by atoms with Crippen LogP contribution in [0.3, 0.4) is 0 Å². The Morgan fingerprint density at radius 1 is 1.14 bits per heavy atom. The molecule has 2 aromatic carbocycles. The number of hydrogen-bond donors (Lipinski definition) is 2. The molecule has 29 heavy (non-hydrogen) atoms. The van der Waals surface area contributed by atoms with Crippen LogP contribution in [0.25, 0.3) is 11.4 Å². The Labute approximate surface area is 162 Å². The maximum Gasteiger partial charge on any atom is 0.471 e. The summed E-state index contributed by atoms with van der Waals surface area (Å²) in [6.07, 6.45) is -3.98. The van der Waals surface area contributed by atoms with Crippen molar-refractivity contribution in [2.24, 2.45) is 16.7 Å². The number of amidine groups is 1. The molecule has 0 aliphatic heterocycles. The minimum Gasteiger partial charge on any atom is -0.382 e. The van der Waals surface area contributed by atoms with Crippen molar-refractivity contribution in [1.29, 1.82) is 0 Å². The number of aromatic nitrogens is 2. The quantitative estimate of drug-likeness (QED) is 0.213. The van der Waals surface area contributed by atoms with Crippen molar-refractivity contribution >= 4 is 12.1 Å². The van der Waals surface area contributed by atoms with Gasteiger partial charge in [0, 0.05) is 16.7 Å². The highest BCUT2D eigenvalue weighted by atomic mass is 19.4. The van der Waals surface area contributed by atoms with E-state index in [1.807, 2.05) is 0 Å². The molecule has 8 nitrogen and oxygen atoms in total. The fourth-order valence-corrected chi connectivity index (χ4v) is 2.37. The van der Waals surface area contributed by atoms with Crippen LogP contribution in [0.4, 0.5) is 13.2 Å². The number of benzene rings is 2. The Balaban J connectivity index is 1.67. The first-order chi connectivity index (χ1) is 13.8. The molecule has 0 atom stereocenters. The third kappa shape index (κ3) is 4.96. The zero-order valence-electron chi connectivity index (χ0n) is 14.8. The molecule has 150 valence electrons. The summed E-state index contributed by atoms with van der Waals surface area (Å²) >= 11 is 0. The van der Waals surface area contributed by atoms with Crippen molar-refractivity contribution in [3.8, 4) is 11.4 Å². The Kier molecular flexibility index (Phi) is 5.59. The molecule has 0 bridgehead atoms. The van der Waals surface area contributed by atoms with Gasteiger partial charge in [-0.05, 0) is 5.56 Å². The van der Waals surface area contributed by atoms with Gasteiger partial charge in [-0.15, -0.1) is 5.10 Å². The number of nitrogens with two attached hydrogens (primary N) is 2. The first-order valence-electron chi connectivity index (χ1n) is 8.18. The highest BCUT2D eigenvalue weighted by Crippen LogP contribution is 2.29. The molecule has 3 aromatic rings. The van der Waals surface area contributed by atoms with Crippen LogP contribution in [0.2, 0.25) is 0 Å². The van der Waals surface area contributed by atoms with Crippen molar-refractivity contribution in [3.05, 3.63) is 71.1 Å². The number of alkyl halides is 3. The van der Waals surface area contributed by atoms with Crippen molar-refractivity contribution in [3.63, 3.8) is 0 Å². The van der Waals surface area contributed by atoms with Gasteiger partial charge in [0.05, 0.1) is 6.54 Å². The Hall–Kier alpha value is -3.73. The molecule has 0 radical (unpaired) electrons. The van der Waals surface area contributed by atoms with Crippen LogP contribution in [0.1, 0.15) is 27.4 Å². The zero-order valence-corrected chi connectivity index (χ0v) is 14.8. The highest BCUT2D eigenvalue weighted by molar-refractivity contribution is 5.97. The van der Waals surface area contributed by atoms with Crippen molar-refractivity contribution in [2.75, 3.05) is 0 Å². The summed E-state index contributed by atoms with van der Waals surface area (Å²) in [5, 5.41) is 8.51. The van der Waals surface area contributed by atoms with Gasteiger partial charge in [-0.1, -0.05) is 53.7 Å². The second kappa shape index (κ2) is 8.10. The molecule has 4 N–H and O–H groups in total. The molecule has 0 fully saturated rings. The van der Waals surface area contributed by atoms with E-state index >= 15 is 0 Å².